The van der Waals surface area contributed by atoms with Gasteiger partial charge in [-0.3, -0.25) is 14.7 Å². The molecule has 24 heavy (non-hydrogen) atoms. The van der Waals surface area contributed by atoms with Crippen LogP contribution < -0.4 is 5.32 Å². The molecule has 0 unspecified atom stereocenters. The summed E-state index contributed by atoms with van der Waals surface area (Å²) in [6.07, 6.45) is 4.78. The maximum atomic E-state index is 12.2. The number of carbonyl (C=O) groups is 1. The maximum absolute atomic E-state index is 12.2. The largest absolute Gasteiger partial charge is 0.349 e. The first-order valence-electron chi connectivity index (χ1n) is 7.78. The van der Waals surface area contributed by atoms with Crippen molar-refractivity contribution in [1.82, 2.24) is 20.2 Å². The Kier molecular flexibility index (Phi) is 7.51. The highest BCUT2D eigenvalue weighted by molar-refractivity contribution is 14.1. The van der Waals surface area contributed by atoms with Crippen molar-refractivity contribution < 1.29 is 9.18 Å². The third-order valence-electron chi connectivity index (χ3n) is 3.52. The van der Waals surface area contributed by atoms with Gasteiger partial charge in [0.15, 0.2) is 0 Å². The molecule has 0 saturated carbocycles. The predicted octanol–water partition coefficient (Wildman–Crippen LogP) is 2.81. The molecule has 0 spiro atoms. The number of likely N-dealkylation sites (N-methyl/N-ethyl adjacent to an activating group) is 1. The number of amides is 1. The van der Waals surface area contributed by atoms with Crippen molar-refractivity contribution in [1.29, 1.82) is 0 Å². The van der Waals surface area contributed by atoms with Crippen molar-refractivity contribution in [2.45, 2.75) is 6.92 Å². The molecule has 2 rings (SSSR count). The molecule has 7 heteroatoms. The Labute approximate surface area is 154 Å². The number of halogens is 2. The van der Waals surface area contributed by atoms with Crippen LogP contribution in [0.15, 0.2) is 36.5 Å². The predicted molar refractivity (Wildman–Crippen MR) is 102 cm³/mol. The molecule has 0 aliphatic rings. The minimum Gasteiger partial charge on any atom is -0.349 e. The molecule has 0 radical (unpaired) electrons. The van der Waals surface area contributed by atoms with Crippen molar-refractivity contribution in [2.24, 2.45) is 0 Å². The topological polar surface area (TPSA) is 58.1 Å². The van der Waals surface area contributed by atoms with Gasteiger partial charge in [0.1, 0.15) is 12.4 Å². The van der Waals surface area contributed by atoms with E-state index in [4.69, 9.17) is 0 Å². The first kappa shape index (κ1) is 18.7. The molecule has 0 atom stereocenters. The molecule has 0 fully saturated rings. The minimum absolute atomic E-state index is 0.238. The summed E-state index contributed by atoms with van der Waals surface area (Å²) < 4.78 is 13.1. The van der Waals surface area contributed by atoms with Crippen LogP contribution in [-0.2, 0) is 0 Å². The van der Waals surface area contributed by atoms with Crippen LogP contribution in [0.3, 0.4) is 0 Å². The van der Waals surface area contributed by atoms with Crippen molar-refractivity contribution in [3.8, 4) is 0 Å². The SMILES string of the molecule is CCN(C/C=C/CF)CCNC(=O)c1cnc2cc([125I])ccc2n1. The molecule has 0 bridgehead atoms. The van der Waals surface area contributed by atoms with Crippen molar-refractivity contribution in [2.75, 3.05) is 32.9 Å². The number of rotatable bonds is 8. The van der Waals surface area contributed by atoms with Crippen LogP contribution in [-0.4, -0.2) is 53.6 Å². The van der Waals surface area contributed by atoms with Gasteiger partial charge in [0.05, 0.1) is 17.2 Å². The van der Waals surface area contributed by atoms with Gasteiger partial charge in [-0.25, -0.2) is 9.37 Å². The number of fused-ring (bicyclic) bond motifs is 1. The number of alkyl halides is 1. The second-order valence-corrected chi connectivity index (χ2v) is 6.41. The standard InChI is InChI=1S/C17H20FIN4O/c1-2-23(9-4-3-7-18)10-8-20-17(24)16-12-21-15-11-13(19)5-6-14(15)22-16/h3-6,11-12H,2,7-10H2,1H3,(H,20,24)/b4-3+/i19-2. The summed E-state index contributed by atoms with van der Waals surface area (Å²) in [7, 11) is 0. The molecular formula is C17H20FIN4O. The Morgan fingerprint density at radius 1 is 1.38 bits per heavy atom. The van der Waals surface area contributed by atoms with Crippen molar-refractivity contribution in [3.05, 3.63) is 45.8 Å². The fraction of sp³-hybridized carbons (Fsp3) is 0.353. The van der Waals surface area contributed by atoms with Gasteiger partial charge in [0, 0.05) is 23.2 Å². The number of nitrogens with one attached hydrogen (secondary N) is 1. The van der Waals surface area contributed by atoms with Gasteiger partial charge in [0.25, 0.3) is 5.91 Å². The van der Waals surface area contributed by atoms with Crippen LogP contribution >= 0.6 is 22.6 Å². The Balaban J connectivity index is 1.90. The molecule has 1 amide bonds. The van der Waals surface area contributed by atoms with Crippen molar-refractivity contribution in [3.63, 3.8) is 0 Å². The van der Waals surface area contributed by atoms with E-state index >= 15 is 0 Å². The highest BCUT2D eigenvalue weighted by atomic mass is 125. The van der Waals surface area contributed by atoms with Crippen LogP contribution in [0.2, 0.25) is 0 Å². The van der Waals surface area contributed by atoms with E-state index in [2.05, 4.69) is 42.8 Å². The molecule has 1 N–H and O–H groups in total. The van der Waals surface area contributed by atoms with E-state index in [9.17, 15) is 9.18 Å². The number of hydrogen-bond donors (Lipinski definition) is 1. The average Bonchev–Trinajstić information content (AvgIpc) is 2.59. The van der Waals surface area contributed by atoms with Gasteiger partial charge in [0.2, 0.25) is 0 Å². The van der Waals surface area contributed by atoms with Gasteiger partial charge >= 0.3 is 0 Å². The fourth-order valence-electron chi connectivity index (χ4n) is 2.18. The van der Waals surface area contributed by atoms with Gasteiger partial charge in [-0.1, -0.05) is 19.1 Å². The molecular weight excluding hydrogens is 420 g/mol. The summed E-state index contributed by atoms with van der Waals surface area (Å²) in [6.45, 7) is 4.28. The molecule has 128 valence electrons. The average molecular weight is 440 g/mol. The van der Waals surface area contributed by atoms with Crippen LogP contribution in [0.25, 0.3) is 11.0 Å². The summed E-state index contributed by atoms with van der Waals surface area (Å²) >= 11 is 2.21. The molecule has 5 nitrogen and oxygen atoms in total. The summed E-state index contributed by atoms with van der Waals surface area (Å²) in [5, 5.41) is 2.85. The van der Waals surface area contributed by atoms with E-state index in [0.717, 1.165) is 15.6 Å². The minimum atomic E-state index is -0.450. The van der Waals surface area contributed by atoms with E-state index in [-0.39, 0.29) is 5.91 Å². The van der Waals surface area contributed by atoms with E-state index < -0.39 is 6.67 Å². The summed E-state index contributed by atoms with van der Waals surface area (Å²) in [5.74, 6) is -0.238. The number of hydrogen-bond acceptors (Lipinski definition) is 4. The number of benzene rings is 1. The smallest absolute Gasteiger partial charge is 0.271 e. The first-order chi connectivity index (χ1) is 11.6. The second-order valence-electron chi connectivity index (χ2n) is 5.16. The van der Waals surface area contributed by atoms with E-state index in [1.165, 1.54) is 12.3 Å². The lowest BCUT2D eigenvalue weighted by Crippen LogP contribution is -2.35. The Bertz CT molecular complexity index is 723. The molecule has 1 aromatic carbocycles. The molecule has 1 heterocycles. The molecule has 0 aliphatic carbocycles. The van der Waals surface area contributed by atoms with Crippen LogP contribution in [0, 0.1) is 3.57 Å². The van der Waals surface area contributed by atoms with Gasteiger partial charge < -0.3 is 5.32 Å². The fourth-order valence-corrected chi connectivity index (χ4v) is 2.65. The number of nitrogens with zero attached hydrogens (tertiary/aromatic N) is 3. The van der Waals surface area contributed by atoms with Gasteiger partial charge in [-0.05, 0) is 47.3 Å². The Hall–Kier alpha value is -1.61. The Morgan fingerprint density at radius 3 is 2.96 bits per heavy atom. The summed E-state index contributed by atoms with van der Waals surface area (Å²) in [5.41, 5.74) is 1.79. The number of allylic oxidation sites excluding steroid dienone is 1. The van der Waals surface area contributed by atoms with Gasteiger partial charge in [-0.2, -0.15) is 0 Å². The third kappa shape index (κ3) is 5.48. The lowest BCUT2D eigenvalue weighted by Gasteiger charge is -2.18. The Morgan fingerprint density at radius 2 is 2.21 bits per heavy atom. The monoisotopic (exact) mass is 440 g/mol. The molecule has 0 saturated heterocycles. The summed E-state index contributed by atoms with van der Waals surface area (Å²) in [6, 6.07) is 5.72. The maximum Gasteiger partial charge on any atom is 0.271 e. The lowest BCUT2D eigenvalue weighted by molar-refractivity contribution is 0.0944. The zero-order valence-electron chi connectivity index (χ0n) is 13.5. The van der Waals surface area contributed by atoms with Crippen LogP contribution in [0.4, 0.5) is 4.39 Å². The normalized spacial score (nSPS) is 11.5. The quantitative estimate of drug-likeness (QED) is 0.507. The van der Waals surface area contributed by atoms with Crippen LogP contribution in [0.1, 0.15) is 17.4 Å². The summed E-state index contributed by atoms with van der Waals surface area (Å²) in [4.78, 5) is 22.9. The third-order valence-corrected chi connectivity index (χ3v) is 4.19. The van der Waals surface area contributed by atoms with E-state index in [1.54, 1.807) is 6.08 Å². The molecule has 0 aliphatic heterocycles. The lowest BCUT2D eigenvalue weighted by atomic mass is 10.3. The van der Waals surface area contributed by atoms with E-state index in [1.807, 2.05) is 25.1 Å². The zero-order chi connectivity index (χ0) is 17.4. The highest BCUT2D eigenvalue weighted by Crippen LogP contribution is 2.13. The van der Waals surface area contributed by atoms with Crippen molar-refractivity contribution >= 4 is 39.5 Å². The second kappa shape index (κ2) is 9.63. The first-order valence-corrected chi connectivity index (χ1v) is 8.85. The molecule has 2 aromatic rings. The zero-order valence-corrected chi connectivity index (χ0v) is 15.7. The van der Waals surface area contributed by atoms with Crippen LogP contribution in [0.5, 0.6) is 0 Å². The van der Waals surface area contributed by atoms with Gasteiger partial charge in [-0.15, -0.1) is 0 Å². The van der Waals surface area contributed by atoms with E-state index in [0.29, 0.717) is 30.8 Å². The number of aromatic nitrogens is 2. The molecule has 1 aromatic heterocycles. The highest BCUT2D eigenvalue weighted by Gasteiger charge is 2.09. The number of carbonyl (C=O) groups excluding carboxylic acids is 1.